The maximum Gasteiger partial charge on any atom is 0.303 e. The van der Waals surface area contributed by atoms with Gasteiger partial charge in [0.15, 0.2) is 0 Å². The number of nitrogens with one attached hydrogen (secondary N) is 1. The van der Waals surface area contributed by atoms with Crippen molar-refractivity contribution in [3.63, 3.8) is 0 Å². The predicted molar refractivity (Wildman–Crippen MR) is 76.9 cm³/mol. The Morgan fingerprint density at radius 3 is 2.70 bits per heavy atom. The number of hydrogen-bond donors (Lipinski definition) is 2. The van der Waals surface area contributed by atoms with Crippen LogP contribution in [0.4, 0.5) is 0 Å². The Morgan fingerprint density at radius 2 is 2.00 bits per heavy atom. The molecular weight excluding hydrogens is 256 g/mol. The fourth-order valence-corrected chi connectivity index (χ4v) is 2.34. The number of aliphatic carboxylic acids is 1. The highest BCUT2D eigenvalue weighted by Crippen LogP contribution is 2.24. The number of carboxylic acids is 1. The first-order valence-corrected chi connectivity index (χ1v) is 6.56. The number of amides is 1. The Morgan fingerprint density at radius 1 is 1.30 bits per heavy atom. The van der Waals surface area contributed by atoms with E-state index in [1.54, 1.807) is 0 Å². The molecular formula is C15H18N2O3. The van der Waals surface area contributed by atoms with E-state index in [9.17, 15) is 9.59 Å². The molecule has 106 valence electrons. The third-order valence-corrected chi connectivity index (χ3v) is 3.48. The van der Waals surface area contributed by atoms with Crippen LogP contribution >= 0.6 is 0 Å². The molecule has 0 fully saturated rings. The summed E-state index contributed by atoms with van der Waals surface area (Å²) in [4.78, 5) is 22.7. The molecule has 0 atom stereocenters. The summed E-state index contributed by atoms with van der Waals surface area (Å²) in [6, 6.07) is 7.75. The number of rotatable bonds is 5. The van der Waals surface area contributed by atoms with Crippen LogP contribution in [0.15, 0.2) is 24.3 Å². The molecule has 2 rings (SSSR count). The zero-order chi connectivity index (χ0) is 14.7. The van der Waals surface area contributed by atoms with E-state index < -0.39 is 5.97 Å². The van der Waals surface area contributed by atoms with Crippen molar-refractivity contribution in [1.29, 1.82) is 0 Å². The minimum absolute atomic E-state index is 0.0643. The largest absolute Gasteiger partial charge is 0.481 e. The van der Waals surface area contributed by atoms with Crippen LogP contribution in [0.2, 0.25) is 0 Å². The second-order valence-electron chi connectivity index (χ2n) is 4.79. The van der Waals surface area contributed by atoms with Gasteiger partial charge in [0.25, 0.3) is 5.91 Å². The molecule has 0 saturated heterocycles. The lowest BCUT2D eigenvalue weighted by Gasteiger charge is -2.05. The molecule has 0 unspecified atom stereocenters. The SMILES string of the molecule is Cc1c(C(=O)NCCCC(=O)O)c2ccccc2n1C. The number of para-hydroxylation sites is 1. The molecule has 5 heteroatoms. The second-order valence-corrected chi connectivity index (χ2v) is 4.79. The minimum atomic E-state index is -0.847. The van der Waals surface area contributed by atoms with Gasteiger partial charge in [-0.2, -0.15) is 0 Å². The number of carbonyl (C=O) groups is 2. The van der Waals surface area contributed by atoms with Gasteiger partial charge in [-0.05, 0) is 19.4 Å². The van der Waals surface area contributed by atoms with Crippen molar-refractivity contribution in [2.45, 2.75) is 19.8 Å². The molecule has 0 aliphatic carbocycles. The molecule has 2 N–H and O–H groups in total. The summed E-state index contributed by atoms with van der Waals surface area (Å²) in [6.07, 6.45) is 0.500. The Labute approximate surface area is 117 Å². The van der Waals surface area contributed by atoms with Crippen molar-refractivity contribution in [2.24, 2.45) is 7.05 Å². The van der Waals surface area contributed by atoms with Crippen molar-refractivity contribution in [3.05, 3.63) is 35.5 Å². The summed E-state index contributed by atoms with van der Waals surface area (Å²) in [6.45, 7) is 2.28. The van der Waals surface area contributed by atoms with E-state index in [1.807, 2.05) is 42.8 Å². The van der Waals surface area contributed by atoms with Crippen LogP contribution in [0.3, 0.4) is 0 Å². The molecule has 0 spiro atoms. The van der Waals surface area contributed by atoms with E-state index in [1.165, 1.54) is 0 Å². The maximum absolute atomic E-state index is 12.3. The van der Waals surface area contributed by atoms with Gasteiger partial charge in [-0.25, -0.2) is 0 Å². The van der Waals surface area contributed by atoms with E-state index in [0.29, 0.717) is 18.5 Å². The topological polar surface area (TPSA) is 71.3 Å². The van der Waals surface area contributed by atoms with Crippen LogP contribution in [0.5, 0.6) is 0 Å². The van der Waals surface area contributed by atoms with E-state index in [2.05, 4.69) is 5.32 Å². The molecule has 2 aromatic rings. The Bertz CT molecular complexity index is 658. The van der Waals surface area contributed by atoms with Gasteiger partial charge in [0.05, 0.1) is 5.56 Å². The summed E-state index contributed by atoms with van der Waals surface area (Å²) in [5, 5.41) is 12.3. The summed E-state index contributed by atoms with van der Waals surface area (Å²) in [7, 11) is 1.93. The molecule has 0 bridgehead atoms. The van der Waals surface area contributed by atoms with Gasteiger partial charge in [-0.1, -0.05) is 18.2 Å². The predicted octanol–water partition coefficient (Wildman–Crippen LogP) is 2.08. The third-order valence-electron chi connectivity index (χ3n) is 3.48. The number of aromatic nitrogens is 1. The number of benzene rings is 1. The normalized spacial score (nSPS) is 10.7. The van der Waals surface area contributed by atoms with Crippen molar-refractivity contribution in [2.75, 3.05) is 6.54 Å². The van der Waals surface area contributed by atoms with Crippen LogP contribution in [-0.4, -0.2) is 28.1 Å². The minimum Gasteiger partial charge on any atom is -0.481 e. The smallest absolute Gasteiger partial charge is 0.303 e. The molecule has 0 aliphatic heterocycles. The molecule has 1 heterocycles. The number of nitrogens with zero attached hydrogens (tertiary/aromatic N) is 1. The van der Waals surface area contributed by atoms with E-state index in [-0.39, 0.29) is 12.3 Å². The zero-order valence-corrected chi connectivity index (χ0v) is 11.6. The Balaban J connectivity index is 2.18. The molecule has 0 saturated carbocycles. The molecule has 1 amide bonds. The number of carboxylic acid groups (broad SMARTS) is 1. The lowest BCUT2D eigenvalue weighted by molar-refractivity contribution is -0.137. The average Bonchev–Trinajstić information content (AvgIpc) is 2.67. The monoisotopic (exact) mass is 274 g/mol. The van der Waals surface area contributed by atoms with Crippen LogP contribution < -0.4 is 5.32 Å². The van der Waals surface area contributed by atoms with Gasteiger partial charge in [0, 0.05) is 36.6 Å². The molecule has 0 aliphatic rings. The number of carbonyl (C=O) groups excluding carboxylic acids is 1. The number of hydrogen-bond acceptors (Lipinski definition) is 2. The summed E-state index contributed by atoms with van der Waals surface area (Å²) in [5.74, 6) is -0.995. The highest BCUT2D eigenvalue weighted by atomic mass is 16.4. The molecule has 5 nitrogen and oxygen atoms in total. The van der Waals surface area contributed by atoms with Crippen molar-refractivity contribution in [3.8, 4) is 0 Å². The van der Waals surface area contributed by atoms with Gasteiger partial charge in [0.2, 0.25) is 0 Å². The Kier molecular flexibility index (Phi) is 4.08. The standard InChI is InChI=1S/C15H18N2O3/c1-10-14(15(20)16-9-5-8-13(18)19)11-6-3-4-7-12(11)17(10)2/h3-4,6-7H,5,8-9H2,1-2H3,(H,16,20)(H,18,19). The van der Waals surface area contributed by atoms with E-state index >= 15 is 0 Å². The van der Waals surface area contributed by atoms with Gasteiger partial charge < -0.3 is 15.0 Å². The second kappa shape index (κ2) is 5.77. The third kappa shape index (κ3) is 2.66. The first-order chi connectivity index (χ1) is 9.52. The quantitative estimate of drug-likeness (QED) is 0.820. The Hall–Kier alpha value is -2.30. The van der Waals surface area contributed by atoms with Crippen molar-refractivity contribution in [1.82, 2.24) is 9.88 Å². The van der Waals surface area contributed by atoms with Crippen LogP contribution in [0.25, 0.3) is 10.9 Å². The highest BCUT2D eigenvalue weighted by molar-refractivity contribution is 6.08. The average molecular weight is 274 g/mol. The molecule has 1 aromatic carbocycles. The van der Waals surface area contributed by atoms with Crippen LogP contribution in [-0.2, 0) is 11.8 Å². The van der Waals surface area contributed by atoms with Crippen molar-refractivity contribution >= 4 is 22.8 Å². The van der Waals surface area contributed by atoms with Crippen molar-refractivity contribution < 1.29 is 14.7 Å². The van der Waals surface area contributed by atoms with Crippen LogP contribution in [0, 0.1) is 6.92 Å². The molecule has 0 radical (unpaired) electrons. The number of aryl methyl sites for hydroxylation is 1. The van der Waals surface area contributed by atoms with Crippen LogP contribution in [0.1, 0.15) is 28.9 Å². The van der Waals surface area contributed by atoms with Gasteiger partial charge in [-0.15, -0.1) is 0 Å². The fraction of sp³-hybridized carbons (Fsp3) is 0.333. The summed E-state index contributed by atoms with van der Waals surface area (Å²) < 4.78 is 1.99. The first kappa shape index (κ1) is 14.1. The zero-order valence-electron chi connectivity index (χ0n) is 11.6. The molecule has 1 aromatic heterocycles. The van der Waals surface area contributed by atoms with Gasteiger partial charge in [-0.3, -0.25) is 9.59 Å². The lowest BCUT2D eigenvalue weighted by Crippen LogP contribution is -2.25. The van der Waals surface area contributed by atoms with Gasteiger partial charge in [0.1, 0.15) is 0 Å². The van der Waals surface area contributed by atoms with E-state index in [0.717, 1.165) is 16.6 Å². The molecule has 20 heavy (non-hydrogen) atoms. The lowest BCUT2D eigenvalue weighted by atomic mass is 10.1. The first-order valence-electron chi connectivity index (χ1n) is 6.56. The summed E-state index contributed by atoms with van der Waals surface area (Å²) in [5.41, 5.74) is 2.58. The van der Waals surface area contributed by atoms with E-state index in [4.69, 9.17) is 5.11 Å². The van der Waals surface area contributed by atoms with Gasteiger partial charge >= 0.3 is 5.97 Å². The maximum atomic E-state index is 12.3. The fourth-order valence-electron chi connectivity index (χ4n) is 2.34. The highest BCUT2D eigenvalue weighted by Gasteiger charge is 2.17. The number of fused-ring (bicyclic) bond motifs is 1. The summed E-state index contributed by atoms with van der Waals surface area (Å²) >= 11 is 0.